The maximum absolute atomic E-state index is 11.7. The Bertz CT molecular complexity index is 584. The number of anilines is 1. The van der Waals surface area contributed by atoms with Crippen LogP contribution in [0.15, 0.2) is 24.3 Å². The Morgan fingerprint density at radius 3 is 2.14 bits per heavy atom. The summed E-state index contributed by atoms with van der Waals surface area (Å²) in [4.78, 5) is 22.9. The minimum atomic E-state index is -0.758. The predicted molar refractivity (Wildman–Crippen MR) is 83.9 cm³/mol. The molecule has 1 aromatic rings. The lowest BCUT2D eigenvalue weighted by molar-refractivity contribution is -0.139. The van der Waals surface area contributed by atoms with Crippen LogP contribution >= 0.6 is 0 Å². The van der Waals surface area contributed by atoms with E-state index in [1.165, 1.54) is 0 Å². The molecule has 0 bridgehead atoms. The van der Waals surface area contributed by atoms with Crippen molar-refractivity contribution in [1.82, 2.24) is 0 Å². The molecule has 2 rings (SSSR count). The van der Waals surface area contributed by atoms with Crippen LogP contribution in [0.5, 0.6) is 0 Å². The van der Waals surface area contributed by atoms with Crippen LogP contribution in [0.3, 0.4) is 0 Å². The molecule has 1 saturated carbocycles. The second-order valence-corrected chi connectivity index (χ2v) is 7.36. The van der Waals surface area contributed by atoms with Gasteiger partial charge in [0.2, 0.25) is 0 Å². The monoisotopic (exact) mass is 305 g/mol. The smallest absolute Gasteiger partial charge is 0.412 e. The predicted octanol–water partition coefficient (Wildman–Crippen LogP) is 3.86. The fourth-order valence-corrected chi connectivity index (χ4v) is 2.92. The maximum Gasteiger partial charge on any atom is 0.412 e. The number of nitrogens with one attached hydrogen (secondary N) is 1. The van der Waals surface area contributed by atoms with Crippen molar-refractivity contribution in [2.45, 2.75) is 46.1 Å². The van der Waals surface area contributed by atoms with Gasteiger partial charge in [-0.15, -0.1) is 0 Å². The molecule has 1 aliphatic carbocycles. The largest absolute Gasteiger partial charge is 0.481 e. The second kappa shape index (κ2) is 5.30. The molecule has 0 saturated heterocycles. The standard InChI is InChI=1S/C17H23NO4/c1-16(2,3)22-15(21)18-11-8-6-10(7-9-11)12-13(14(19)20)17(12,4)5/h6-9,12-13H,1-5H3,(H,18,21)(H,19,20)/t12-,13+/m1/s1. The van der Waals surface area contributed by atoms with Gasteiger partial charge in [0.05, 0.1) is 5.92 Å². The summed E-state index contributed by atoms with van der Waals surface area (Å²) in [6, 6.07) is 7.27. The van der Waals surface area contributed by atoms with Gasteiger partial charge >= 0.3 is 12.1 Å². The lowest BCUT2D eigenvalue weighted by Gasteiger charge is -2.19. The Kier molecular flexibility index (Phi) is 3.94. The molecule has 5 nitrogen and oxygen atoms in total. The van der Waals surface area contributed by atoms with Gasteiger partial charge in [0.25, 0.3) is 0 Å². The first kappa shape index (κ1) is 16.3. The lowest BCUT2D eigenvalue weighted by Crippen LogP contribution is -2.27. The first-order chi connectivity index (χ1) is 10.0. The molecule has 0 heterocycles. The molecule has 1 aliphatic rings. The third-order valence-corrected chi connectivity index (χ3v) is 4.01. The van der Waals surface area contributed by atoms with E-state index in [0.29, 0.717) is 5.69 Å². The number of benzene rings is 1. The van der Waals surface area contributed by atoms with Crippen molar-refractivity contribution < 1.29 is 19.4 Å². The lowest BCUT2D eigenvalue weighted by atomic mass is 10.0. The molecule has 22 heavy (non-hydrogen) atoms. The number of carboxylic acid groups (broad SMARTS) is 1. The molecule has 2 atom stereocenters. The van der Waals surface area contributed by atoms with Crippen LogP contribution in [0.2, 0.25) is 0 Å². The molecule has 0 unspecified atom stereocenters. The summed E-state index contributed by atoms with van der Waals surface area (Å²) in [6.45, 7) is 9.33. The number of ether oxygens (including phenoxy) is 1. The van der Waals surface area contributed by atoms with Gasteiger partial charge in [0, 0.05) is 11.6 Å². The highest BCUT2D eigenvalue weighted by Gasteiger charge is 2.62. The van der Waals surface area contributed by atoms with E-state index >= 15 is 0 Å². The molecule has 2 N–H and O–H groups in total. The average molecular weight is 305 g/mol. The van der Waals surface area contributed by atoms with Gasteiger partial charge in [-0.3, -0.25) is 10.1 Å². The number of carbonyl (C=O) groups is 2. The highest BCUT2D eigenvalue weighted by atomic mass is 16.6. The van der Waals surface area contributed by atoms with Gasteiger partial charge < -0.3 is 9.84 Å². The Balaban J connectivity index is 2.03. The van der Waals surface area contributed by atoms with Crippen molar-refractivity contribution in [3.63, 3.8) is 0 Å². The highest BCUT2D eigenvalue weighted by Crippen LogP contribution is 2.64. The first-order valence-electron chi connectivity index (χ1n) is 7.35. The summed E-state index contributed by atoms with van der Waals surface area (Å²) in [5.74, 6) is -1.09. The van der Waals surface area contributed by atoms with Crippen LogP contribution in [-0.2, 0) is 9.53 Å². The van der Waals surface area contributed by atoms with Gasteiger partial charge in [-0.2, -0.15) is 0 Å². The number of hydrogen-bond acceptors (Lipinski definition) is 3. The molecule has 1 amide bonds. The van der Waals surface area contributed by atoms with Gasteiger partial charge in [0.15, 0.2) is 0 Å². The SMILES string of the molecule is CC(C)(C)OC(=O)Nc1ccc([C@@H]2[C@@H](C(=O)O)C2(C)C)cc1. The van der Waals surface area contributed by atoms with Crippen molar-refractivity contribution in [2.75, 3.05) is 5.32 Å². The van der Waals surface area contributed by atoms with Gasteiger partial charge in [-0.25, -0.2) is 4.79 Å². The van der Waals surface area contributed by atoms with E-state index < -0.39 is 17.7 Å². The van der Waals surface area contributed by atoms with E-state index in [-0.39, 0.29) is 17.3 Å². The molecular weight excluding hydrogens is 282 g/mol. The Hall–Kier alpha value is -2.04. The molecule has 120 valence electrons. The normalized spacial score (nSPS) is 22.8. The van der Waals surface area contributed by atoms with E-state index in [2.05, 4.69) is 5.32 Å². The van der Waals surface area contributed by atoms with E-state index in [0.717, 1.165) is 5.56 Å². The zero-order chi connectivity index (χ0) is 16.7. The van der Waals surface area contributed by atoms with E-state index in [9.17, 15) is 14.7 Å². The van der Waals surface area contributed by atoms with Crippen LogP contribution < -0.4 is 5.32 Å². The summed E-state index contributed by atoms with van der Waals surface area (Å²) >= 11 is 0. The molecule has 5 heteroatoms. The maximum atomic E-state index is 11.7. The number of rotatable bonds is 3. The third kappa shape index (κ3) is 3.40. The van der Waals surface area contributed by atoms with Crippen molar-refractivity contribution >= 4 is 17.7 Å². The summed E-state index contributed by atoms with van der Waals surface area (Å²) in [5, 5.41) is 11.9. The number of hydrogen-bond donors (Lipinski definition) is 2. The summed E-state index contributed by atoms with van der Waals surface area (Å²) in [5.41, 5.74) is 0.832. The molecule has 0 aromatic heterocycles. The first-order valence-corrected chi connectivity index (χ1v) is 7.35. The number of aliphatic carboxylic acids is 1. The Morgan fingerprint density at radius 1 is 1.18 bits per heavy atom. The summed E-state index contributed by atoms with van der Waals surface area (Å²) < 4.78 is 5.19. The zero-order valence-corrected chi connectivity index (χ0v) is 13.6. The van der Waals surface area contributed by atoms with Crippen LogP contribution in [0.25, 0.3) is 0 Å². The zero-order valence-electron chi connectivity index (χ0n) is 13.6. The van der Waals surface area contributed by atoms with Crippen LogP contribution in [0, 0.1) is 11.3 Å². The Morgan fingerprint density at radius 2 is 1.73 bits per heavy atom. The molecular formula is C17H23NO4. The van der Waals surface area contributed by atoms with Crippen molar-refractivity contribution in [3.05, 3.63) is 29.8 Å². The molecule has 0 spiro atoms. The minimum absolute atomic E-state index is 0.0144. The van der Waals surface area contributed by atoms with Gasteiger partial charge in [-0.1, -0.05) is 26.0 Å². The van der Waals surface area contributed by atoms with E-state index in [4.69, 9.17) is 4.74 Å². The topological polar surface area (TPSA) is 75.6 Å². The Labute approximate surface area is 130 Å². The average Bonchev–Trinajstić information content (AvgIpc) is 2.91. The summed E-state index contributed by atoms with van der Waals surface area (Å²) in [6.07, 6.45) is -0.504. The van der Waals surface area contributed by atoms with Crippen molar-refractivity contribution in [2.24, 2.45) is 11.3 Å². The fraction of sp³-hybridized carbons (Fsp3) is 0.529. The van der Waals surface area contributed by atoms with Crippen molar-refractivity contribution in [1.29, 1.82) is 0 Å². The molecule has 0 aliphatic heterocycles. The fourth-order valence-electron chi connectivity index (χ4n) is 2.92. The van der Waals surface area contributed by atoms with Gasteiger partial charge in [0.1, 0.15) is 5.60 Å². The third-order valence-electron chi connectivity index (χ3n) is 4.01. The number of carbonyl (C=O) groups excluding carboxylic acids is 1. The highest BCUT2D eigenvalue weighted by molar-refractivity contribution is 5.85. The van der Waals surface area contributed by atoms with Crippen LogP contribution in [-0.4, -0.2) is 22.8 Å². The molecule has 1 aromatic carbocycles. The molecule has 0 radical (unpaired) electrons. The van der Waals surface area contributed by atoms with E-state index in [1.54, 1.807) is 32.9 Å². The quantitative estimate of drug-likeness (QED) is 0.889. The molecule has 1 fully saturated rings. The van der Waals surface area contributed by atoms with Crippen LogP contribution in [0.1, 0.15) is 46.1 Å². The minimum Gasteiger partial charge on any atom is -0.481 e. The summed E-state index contributed by atoms with van der Waals surface area (Å²) in [7, 11) is 0. The van der Waals surface area contributed by atoms with Gasteiger partial charge in [-0.05, 0) is 43.9 Å². The van der Waals surface area contributed by atoms with Crippen LogP contribution in [0.4, 0.5) is 10.5 Å². The number of amides is 1. The van der Waals surface area contributed by atoms with Crippen molar-refractivity contribution in [3.8, 4) is 0 Å². The second-order valence-electron chi connectivity index (χ2n) is 7.36. The number of carboxylic acids is 1. The van der Waals surface area contributed by atoms with E-state index in [1.807, 2.05) is 26.0 Å².